The first-order valence-corrected chi connectivity index (χ1v) is 11.5. The zero-order valence-electron chi connectivity index (χ0n) is 19.8. The highest BCUT2D eigenvalue weighted by Crippen LogP contribution is 2.23. The topological polar surface area (TPSA) is 98.7 Å². The van der Waals surface area contributed by atoms with Crippen molar-refractivity contribution in [1.29, 1.82) is 0 Å². The summed E-state index contributed by atoms with van der Waals surface area (Å²) in [5, 5.41) is 25.7. The second-order valence-corrected chi connectivity index (χ2v) is 8.94. The van der Waals surface area contributed by atoms with Gasteiger partial charge in [0.15, 0.2) is 0 Å². The van der Waals surface area contributed by atoms with Crippen LogP contribution in [0.3, 0.4) is 0 Å². The first kappa shape index (κ1) is 24.8. The Bertz CT molecular complexity index is 1100. The van der Waals surface area contributed by atoms with Crippen molar-refractivity contribution in [1.82, 2.24) is 0 Å². The highest BCUT2D eigenvalue weighted by atomic mass is 16.4. The molecule has 0 radical (unpaired) electrons. The molecule has 4 N–H and O–H groups in total. The third kappa shape index (κ3) is 6.61. The van der Waals surface area contributed by atoms with E-state index in [1.807, 2.05) is 0 Å². The molecule has 0 amide bonds. The summed E-state index contributed by atoms with van der Waals surface area (Å²) in [6, 6.07) is 20.0. The fraction of sp³-hybridized carbons (Fsp3) is 0.286. The lowest BCUT2D eigenvalue weighted by atomic mass is 9.96. The minimum absolute atomic E-state index is 0.162. The lowest BCUT2D eigenvalue weighted by Gasteiger charge is -2.24. The summed E-state index contributed by atoms with van der Waals surface area (Å²) >= 11 is 0. The van der Waals surface area contributed by atoms with Crippen molar-refractivity contribution in [3.63, 3.8) is 0 Å². The molecule has 0 saturated heterocycles. The number of nitrogens with one attached hydrogen (secondary N) is 2. The maximum atomic E-state index is 11.7. The van der Waals surface area contributed by atoms with Crippen LogP contribution in [-0.2, 0) is 12.8 Å². The van der Waals surface area contributed by atoms with E-state index in [9.17, 15) is 19.8 Å². The number of para-hydroxylation sites is 2. The van der Waals surface area contributed by atoms with Gasteiger partial charge < -0.3 is 20.8 Å². The number of carbonyl (C=O) groups is 2. The molecule has 0 unspecified atom stereocenters. The van der Waals surface area contributed by atoms with E-state index in [1.165, 1.54) is 16.7 Å². The molecule has 6 nitrogen and oxygen atoms in total. The average Bonchev–Trinajstić information content (AvgIpc) is 2.78. The van der Waals surface area contributed by atoms with Gasteiger partial charge in [-0.3, -0.25) is 0 Å². The van der Waals surface area contributed by atoms with Gasteiger partial charge in [0.25, 0.3) is 0 Å². The average molecular weight is 461 g/mol. The molecule has 0 spiro atoms. The fourth-order valence-electron chi connectivity index (χ4n) is 4.08. The minimum atomic E-state index is -1.02. The number of hydrogen-bond acceptors (Lipinski definition) is 4. The van der Waals surface area contributed by atoms with Crippen LogP contribution < -0.4 is 10.6 Å². The summed E-state index contributed by atoms with van der Waals surface area (Å²) in [4.78, 5) is 23.4. The molecule has 0 atom stereocenters. The smallest absolute Gasteiger partial charge is 0.337 e. The van der Waals surface area contributed by atoms with Gasteiger partial charge in [-0.1, -0.05) is 56.3 Å². The highest BCUT2D eigenvalue weighted by molar-refractivity contribution is 5.95. The van der Waals surface area contributed by atoms with E-state index in [-0.39, 0.29) is 11.1 Å². The normalized spacial score (nSPS) is 11.0. The summed E-state index contributed by atoms with van der Waals surface area (Å²) in [5.74, 6) is -1.46. The summed E-state index contributed by atoms with van der Waals surface area (Å²) in [6.07, 6.45) is 2.00. The molecule has 3 aromatic rings. The molecule has 0 aliphatic heterocycles. The standard InChI is InChI=1S/C28H32N2O4/c1-18(2)16-20-12-13-21(19(3)17-20)14-15-26(29-24-10-6-4-8-22(24)27(31)32)30-25-11-7-5-9-23(25)28(33)34/h4-13,17-18,26,29-30H,14-16H2,1-3H3,(H,31,32)(H,33,34). The molecule has 0 aliphatic carbocycles. The second kappa shape index (κ2) is 11.4. The number of aromatic carboxylic acids is 2. The Morgan fingerprint density at radius 2 is 1.35 bits per heavy atom. The molecule has 0 fully saturated rings. The summed E-state index contributed by atoms with van der Waals surface area (Å²) in [5.41, 5.74) is 5.02. The van der Waals surface area contributed by atoms with Gasteiger partial charge >= 0.3 is 11.9 Å². The molecule has 0 bridgehead atoms. The predicted molar refractivity (Wildman–Crippen MR) is 136 cm³/mol. The summed E-state index contributed by atoms with van der Waals surface area (Å²) in [7, 11) is 0. The van der Waals surface area contributed by atoms with Crippen molar-refractivity contribution >= 4 is 23.3 Å². The second-order valence-electron chi connectivity index (χ2n) is 8.94. The summed E-state index contributed by atoms with van der Waals surface area (Å²) in [6.45, 7) is 6.51. The van der Waals surface area contributed by atoms with Crippen molar-refractivity contribution in [3.8, 4) is 0 Å². The van der Waals surface area contributed by atoms with Crippen LogP contribution in [0, 0.1) is 12.8 Å². The highest BCUT2D eigenvalue weighted by Gasteiger charge is 2.17. The Morgan fingerprint density at radius 1 is 0.824 bits per heavy atom. The predicted octanol–water partition coefficient (Wildman–Crippen LogP) is 6.07. The van der Waals surface area contributed by atoms with E-state index in [1.54, 1.807) is 48.5 Å². The van der Waals surface area contributed by atoms with Crippen molar-refractivity contribution in [2.24, 2.45) is 5.92 Å². The molecule has 0 aliphatic rings. The Balaban J connectivity index is 1.85. The lowest BCUT2D eigenvalue weighted by molar-refractivity contribution is 0.0687. The van der Waals surface area contributed by atoms with Crippen LogP contribution >= 0.6 is 0 Å². The third-order valence-electron chi connectivity index (χ3n) is 5.73. The molecule has 178 valence electrons. The van der Waals surface area contributed by atoms with E-state index in [0.29, 0.717) is 23.7 Å². The van der Waals surface area contributed by atoms with Crippen molar-refractivity contribution in [2.75, 3.05) is 10.6 Å². The SMILES string of the molecule is Cc1cc(CC(C)C)ccc1CCC(Nc1ccccc1C(=O)O)Nc1ccccc1C(=O)O. The van der Waals surface area contributed by atoms with Crippen LogP contribution in [0.15, 0.2) is 66.7 Å². The number of rotatable bonds is 11. The molecule has 34 heavy (non-hydrogen) atoms. The molecular formula is C28H32N2O4. The quantitative estimate of drug-likeness (QED) is 0.259. The van der Waals surface area contributed by atoms with E-state index in [2.05, 4.69) is 49.6 Å². The van der Waals surface area contributed by atoms with Crippen molar-refractivity contribution in [3.05, 3.63) is 94.5 Å². The van der Waals surface area contributed by atoms with Crippen LogP contribution in [-0.4, -0.2) is 28.3 Å². The zero-order chi connectivity index (χ0) is 24.7. The molecule has 3 rings (SSSR count). The van der Waals surface area contributed by atoms with Gasteiger partial charge in [-0.25, -0.2) is 9.59 Å². The molecule has 0 aromatic heterocycles. The van der Waals surface area contributed by atoms with Gasteiger partial charge in [0.05, 0.1) is 28.7 Å². The van der Waals surface area contributed by atoms with Crippen LogP contribution in [0.5, 0.6) is 0 Å². The number of benzene rings is 3. The van der Waals surface area contributed by atoms with Gasteiger partial charge in [0.2, 0.25) is 0 Å². The summed E-state index contributed by atoms with van der Waals surface area (Å²) < 4.78 is 0. The fourth-order valence-corrected chi connectivity index (χ4v) is 4.08. The lowest BCUT2D eigenvalue weighted by Crippen LogP contribution is -2.31. The monoisotopic (exact) mass is 460 g/mol. The number of carboxylic acids is 2. The van der Waals surface area contributed by atoms with Gasteiger partial charge in [0.1, 0.15) is 0 Å². The van der Waals surface area contributed by atoms with E-state index in [0.717, 1.165) is 12.8 Å². The molecule has 0 heterocycles. The first-order chi connectivity index (χ1) is 16.2. The molecule has 0 saturated carbocycles. The Kier molecular flexibility index (Phi) is 8.30. The number of anilines is 2. The maximum absolute atomic E-state index is 11.7. The molecule has 3 aromatic carbocycles. The Labute approximate surface area is 200 Å². The number of carboxylic acid groups (broad SMARTS) is 2. The third-order valence-corrected chi connectivity index (χ3v) is 5.73. The van der Waals surface area contributed by atoms with Crippen LogP contribution in [0.25, 0.3) is 0 Å². The van der Waals surface area contributed by atoms with E-state index >= 15 is 0 Å². The van der Waals surface area contributed by atoms with Gasteiger partial charge in [0, 0.05) is 0 Å². The van der Waals surface area contributed by atoms with Crippen LogP contribution in [0.4, 0.5) is 11.4 Å². The molecular weight excluding hydrogens is 428 g/mol. The van der Waals surface area contributed by atoms with Crippen molar-refractivity contribution < 1.29 is 19.8 Å². The maximum Gasteiger partial charge on any atom is 0.337 e. The largest absolute Gasteiger partial charge is 0.478 e. The minimum Gasteiger partial charge on any atom is -0.478 e. The first-order valence-electron chi connectivity index (χ1n) is 11.5. The number of aryl methyl sites for hydroxylation is 2. The van der Waals surface area contributed by atoms with Crippen LogP contribution in [0.2, 0.25) is 0 Å². The van der Waals surface area contributed by atoms with Gasteiger partial charge in [-0.2, -0.15) is 0 Å². The van der Waals surface area contributed by atoms with E-state index < -0.39 is 18.1 Å². The van der Waals surface area contributed by atoms with Gasteiger partial charge in [-0.15, -0.1) is 0 Å². The van der Waals surface area contributed by atoms with Gasteiger partial charge in [-0.05, 0) is 73.1 Å². The van der Waals surface area contributed by atoms with Crippen molar-refractivity contribution in [2.45, 2.75) is 46.2 Å². The van der Waals surface area contributed by atoms with E-state index in [4.69, 9.17) is 0 Å². The number of hydrogen-bond donors (Lipinski definition) is 4. The molecule has 6 heteroatoms. The Hall–Kier alpha value is -3.80. The van der Waals surface area contributed by atoms with Crippen LogP contribution in [0.1, 0.15) is 57.7 Å². The zero-order valence-corrected chi connectivity index (χ0v) is 19.8. The Morgan fingerprint density at radius 3 is 1.82 bits per heavy atom.